The fraction of sp³-hybridized carbons (Fsp3) is 0.316. The van der Waals surface area contributed by atoms with E-state index >= 15 is 0 Å². The highest BCUT2D eigenvalue weighted by molar-refractivity contribution is 5.71. The lowest BCUT2D eigenvalue weighted by Gasteiger charge is -2.20. The van der Waals surface area contributed by atoms with Crippen LogP contribution in [-0.2, 0) is 11.4 Å². The van der Waals surface area contributed by atoms with E-state index in [4.69, 9.17) is 4.74 Å². The molecule has 2 rings (SSSR count). The summed E-state index contributed by atoms with van der Waals surface area (Å²) in [6.07, 6.45) is 0.787. The minimum absolute atomic E-state index is 0.00206. The van der Waals surface area contributed by atoms with Gasteiger partial charge >= 0.3 is 5.97 Å². The van der Waals surface area contributed by atoms with Crippen LogP contribution in [0.4, 0.5) is 0 Å². The van der Waals surface area contributed by atoms with Gasteiger partial charge in [-0.1, -0.05) is 56.3 Å². The molecule has 0 aromatic heterocycles. The van der Waals surface area contributed by atoms with Crippen molar-refractivity contribution in [1.29, 1.82) is 0 Å². The number of ether oxygens (including phenoxy) is 1. The summed E-state index contributed by atoms with van der Waals surface area (Å²) in [4.78, 5) is 11.2. The zero-order valence-corrected chi connectivity index (χ0v) is 13.0. The molecule has 0 spiro atoms. The second kappa shape index (κ2) is 7.64. The average Bonchev–Trinajstić information content (AvgIpc) is 2.55. The third-order valence-corrected chi connectivity index (χ3v) is 3.97. The van der Waals surface area contributed by atoms with E-state index in [9.17, 15) is 9.90 Å². The molecule has 0 amide bonds. The maximum absolute atomic E-state index is 11.2. The van der Waals surface area contributed by atoms with Crippen molar-refractivity contribution in [2.24, 2.45) is 5.92 Å². The molecule has 0 radical (unpaired) electrons. The topological polar surface area (TPSA) is 46.5 Å². The molecule has 0 aliphatic heterocycles. The second-order valence-electron chi connectivity index (χ2n) is 5.49. The maximum atomic E-state index is 11.2. The van der Waals surface area contributed by atoms with Gasteiger partial charge in [-0.25, -0.2) is 0 Å². The molecule has 0 fully saturated rings. The molecule has 0 aliphatic carbocycles. The number of aliphatic carboxylic acids is 1. The highest BCUT2D eigenvalue weighted by Gasteiger charge is 2.23. The van der Waals surface area contributed by atoms with E-state index in [2.05, 4.69) is 0 Å². The van der Waals surface area contributed by atoms with Gasteiger partial charge in [0.1, 0.15) is 12.4 Å². The van der Waals surface area contributed by atoms with Gasteiger partial charge in [-0.3, -0.25) is 4.79 Å². The van der Waals surface area contributed by atoms with Gasteiger partial charge in [0, 0.05) is 0 Å². The number of carboxylic acids is 1. The Bertz CT molecular complexity index is 607. The van der Waals surface area contributed by atoms with Crippen LogP contribution in [0.2, 0.25) is 0 Å². The van der Waals surface area contributed by atoms with Crippen LogP contribution in [0.15, 0.2) is 54.6 Å². The van der Waals surface area contributed by atoms with Crippen molar-refractivity contribution in [2.75, 3.05) is 0 Å². The fourth-order valence-corrected chi connectivity index (χ4v) is 2.63. The Morgan fingerprint density at radius 1 is 1.14 bits per heavy atom. The molecule has 2 aromatic carbocycles. The number of carbonyl (C=O) groups is 1. The Morgan fingerprint density at radius 2 is 1.86 bits per heavy atom. The largest absolute Gasteiger partial charge is 0.489 e. The van der Waals surface area contributed by atoms with E-state index in [0.29, 0.717) is 6.61 Å². The van der Waals surface area contributed by atoms with Crippen LogP contribution in [-0.4, -0.2) is 11.1 Å². The highest BCUT2D eigenvalue weighted by Crippen LogP contribution is 2.30. The molecule has 3 nitrogen and oxygen atoms in total. The average molecular weight is 298 g/mol. The zero-order valence-electron chi connectivity index (χ0n) is 13.0. The third-order valence-electron chi connectivity index (χ3n) is 3.97. The number of benzene rings is 2. The normalized spacial score (nSPS) is 13.4. The summed E-state index contributed by atoms with van der Waals surface area (Å²) >= 11 is 0. The standard InChI is InChI=1S/C19H22O3/c1-3-18(14(2)19(20)21)16-10-7-11-17(12-16)22-13-15-8-5-4-6-9-15/h4-12,14,18H,3,13H2,1-2H3,(H,20,21)/t14-,18-/m0/s1. The molecule has 116 valence electrons. The second-order valence-corrected chi connectivity index (χ2v) is 5.49. The van der Waals surface area contributed by atoms with E-state index in [1.54, 1.807) is 6.92 Å². The first-order valence-electron chi connectivity index (χ1n) is 7.61. The highest BCUT2D eigenvalue weighted by atomic mass is 16.5. The summed E-state index contributed by atoms with van der Waals surface area (Å²) in [5, 5.41) is 9.23. The molecule has 0 bridgehead atoms. The van der Waals surface area contributed by atoms with E-state index in [1.165, 1.54) is 0 Å². The molecule has 3 heteroatoms. The van der Waals surface area contributed by atoms with Crippen LogP contribution in [0, 0.1) is 5.92 Å². The van der Waals surface area contributed by atoms with E-state index in [1.807, 2.05) is 61.5 Å². The predicted molar refractivity (Wildman–Crippen MR) is 87.0 cm³/mol. The lowest BCUT2D eigenvalue weighted by atomic mass is 9.85. The lowest BCUT2D eigenvalue weighted by molar-refractivity contribution is -0.141. The van der Waals surface area contributed by atoms with Crippen molar-refractivity contribution in [1.82, 2.24) is 0 Å². The summed E-state index contributed by atoms with van der Waals surface area (Å²) in [6.45, 7) is 4.28. The van der Waals surface area contributed by atoms with Crippen LogP contribution < -0.4 is 4.74 Å². The molecule has 0 unspecified atom stereocenters. The van der Waals surface area contributed by atoms with Crippen molar-refractivity contribution < 1.29 is 14.6 Å². The van der Waals surface area contributed by atoms with Gasteiger partial charge in [-0.15, -0.1) is 0 Å². The van der Waals surface area contributed by atoms with Gasteiger partial charge in [-0.2, -0.15) is 0 Å². The summed E-state index contributed by atoms with van der Waals surface area (Å²) in [5.74, 6) is -0.396. The Hall–Kier alpha value is -2.29. The number of hydrogen-bond acceptors (Lipinski definition) is 2. The Morgan fingerprint density at radius 3 is 2.50 bits per heavy atom. The molecule has 0 heterocycles. The smallest absolute Gasteiger partial charge is 0.306 e. The summed E-state index contributed by atoms with van der Waals surface area (Å²) in [5.41, 5.74) is 2.13. The molecule has 2 aromatic rings. The van der Waals surface area contributed by atoms with Crippen molar-refractivity contribution >= 4 is 5.97 Å². The summed E-state index contributed by atoms with van der Waals surface area (Å²) in [6, 6.07) is 17.7. The van der Waals surface area contributed by atoms with Crippen LogP contribution in [0.5, 0.6) is 5.75 Å². The monoisotopic (exact) mass is 298 g/mol. The minimum atomic E-state index is -0.762. The van der Waals surface area contributed by atoms with Crippen LogP contribution in [0.25, 0.3) is 0 Å². The number of hydrogen-bond donors (Lipinski definition) is 1. The first-order valence-corrected chi connectivity index (χ1v) is 7.61. The molecule has 0 aliphatic rings. The first-order chi connectivity index (χ1) is 10.6. The number of rotatable bonds is 7. The summed E-state index contributed by atoms with van der Waals surface area (Å²) in [7, 11) is 0. The van der Waals surface area contributed by atoms with E-state index in [-0.39, 0.29) is 5.92 Å². The quantitative estimate of drug-likeness (QED) is 0.819. The van der Waals surface area contributed by atoms with Crippen LogP contribution in [0.1, 0.15) is 37.3 Å². The Kier molecular flexibility index (Phi) is 5.59. The molecule has 2 atom stereocenters. The van der Waals surface area contributed by atoms with Gasteiger partial charge in [0.2, 0.25) is 0 Å². The van der Waals surface area contributed by atoms with Gasteiger partial charge in [0.05, 0.1) is 5.92 Å². The lowest BCUT2D eigenvalue weighted by Crippen LogP contribution is -2.18. The SMILES string of the molecule is CC[C@H](c1cccc(OCc2ccccc2)c1)[C@H](C)C(=O)O. The fourth-order valence-electron chi connectivity index (χ4n) is 2.63. The molecule has 0 saturated carbocycles. The van der Waals surface area contributed by atoms with E-state index in [0.717, 1.165) is 23.3 Å². The molecule has 1 N–H and O–H groups in total. The molecular weight excluding hydrogens is 276 g/mol. The molecular formula is C19H22O3. The van der Waals surface area contributed by atoms with Crippen molar-refractivity contribution in [2.45, 2.75) is 32.8 Å². The number of carboxylic acid groups (broad SMARTS) is 1. The first kappa shape index (κ1) is 16.1. The van der Waals surface area contributed by atoms with Gasteiger partial charge in [-0.05, 0) is 35.6 Å². The minimum Gasteiger partial charge on any atom is -0.489 e. The van der Waals surface area contributed by atoms with Crippen molar-refractivity contribution in [3.63, 3.8) is 0 Å². The zero-order chi connectivity index (χ0) is 15.9. The van der Waals surface area contributed by atoms with Gasteiger partial charge in [0.15, 0.2) is 0 Å². The molecule has 22 heavy (non-hydrogen) atoms. The maximum Gasteiger partial charge on any atom is 0.306 e. The molecule has 0 saturated heterocycles. The third kappa shape index (κ3) is 4.10. The van der Waals surface area contributed by atoms with Gasteiger partial charge in [0.25, 0.3) is 0 Å². The van der Waals surface area contributed by atoms with Crippen LogP contribution in [0.3, 0.4) is 0 Å². The van der Waals surface area contributed by atoms with Crippen molar-refractivity contribution in [3.8, 4) is 5.75 Å². The predicted octanol–water partition coefficient (Wildman–Crippen LogP) is 4.48. The van der Waals surface area contributed by atoms with Crippen LogP contribution >= 0.6 is 0 Å². The summed E-state index contributed by atoms with van der Waals surface area (Å²) < 4.78 is 5.82. The Balaban J connectivity index is 2.10. The van der Waals surface area contributed by atoms with Gasteiger partial charge < -0.3 is 9.84 Å². The van der Waals surface area contributed by atoms with Crippen molar-refractivity contribution in [3.05, 3.63) is 65.7 Å². The Labute approximate surface area is 131 Å². The van der Waals surface area contributed by atoms with E-state index < -0.39 is 11.9 Å².